The summed E-state index contributed by atoms with van der Waals surface area (Å²) in [6, 6.07) is 5.79. The van der Waals surface area contributed by atoms with Crippen molar-refractivity contribution in [2.24, 2.45) is 5.73 Å². The Labute approximate surface area is 127 Å². The molecule has 0 aliphatic rings. The number of hydrogen-bond acceptors (Lipinski definition) is 4. The van der Waals surface area contributed by atoms with Crippen LogP contribution in [0.4, 0.5) is 5.69 Å². The molecule has 3 N–H and O–H groups in total. The second-order valence-corrected chi connectivity index (χ2v) is 5.59. The highest BCUT2D eigenvalue weighted by Crippen LogP contribution is 2.27. The number of rotatable bonds is 7. The van der Waals surface area contributed by atoms with E-state index in [-0.39, 0.29) is 5.91 Å². The van der Waals surface area contributed by atoms with E-state index in [9.17, 15) is 4.79 Å². The summed E-state index contributed by atoms with van der Waals surface area (Å²) in [4.78, 5) is 14.5. The van der Waals surface area contributed by atoms with E-state index in [0.717, 1.165) is 12.1 Å². The predicted octanol–water partition coefficient (Wildman–Crippen LogP) is 2.21. The van der Waals surface area contributed by atoms with Crippen molar-refractivity contribution in [3.05, 3.63) is 23.8 Å². The van der Waals surface area contributed by atoms with E-state index in [1.807, 2.05) is 46.1 Å². The van der Waals surface area contributed by atoms with Crippen LogP contribution in [-0.4, -0.2) is 37.6 Å². The predicted molar refractivity (Wildman–Crippen MR) is 86.5 cm³/mol. The molecule has 0 radical (unpaired) electrons. The van der Waals surface area contributed by atoms with Gasteiger partial charge in [0.2, 0.25) is 5.91 Å². The summed E-state index contributed by atoms with van der Waals surface area (Å²) in [5, 5.41) is 2.91. The molecule has 0 aliphatic carbocycles. The van der Waals surface area contributed by atoms with Crippen LogP contribution in [0.3, 0.4) is 0 Å². The molecule has 1 amide bonds. The van der Waals surface area contributed by atoms with Gasteiger partial charge in [0, 0.05) is 6.54 Å². The fourth-order valence-electron chi connectivity index (χ4n) is 2.13. The molecule has 1 rings (SSSR count). The molecule has 0 atom stereocenters. The molecule has 0 spiro atoms. The maximum absolute atomic E-state index is 12.4. The number of ether oxygens (including phenoxy) is 1. The second-order valence-electron chi connectivity index (χ2n) is 5.59. The molecule has 0 aliphatic heterocycles. The highest BCUT2D eigenvalue weighted by Gasteiger charge is 2.30. The van der Waals surface area contributed by atoms with Crippen LogP contribution in [-0.2, 0) is 11.3 Å². The molecule has 0 saturated carbocycles. The zero-order valence-electron chi connectivity index (χ0n) is 13.7. The van der Waals surface area contributed by atoms with Gasteiger partial charge in [0.15, 0.2) is 0 Å². The van der Waals surface area contributed by atoms with Crippen LogP contribution >= 0.6 is 0 Å². The van der Waals surface area contributed by atoms with Crippen molar-refractivity contribution in [1.82, 2.24) is 4.90 Å². The average Bonchev–Trinajstić information content (AvgIpc) is 2.46. The maximum atomic E-state index is 12.4. The van der Waals surface area contributed by atoms with Crippen LogP contribution in [0, 0.1) is 0 Å². The highest BCUT2D eigenvalue weighted by molar-refractivity contribution is 5.99. The van der Waals surface area contributed by atoms with Gasteiger partial charge >= 0.3 is 0 Å². The van der Waals surface area contributed by atoms with E-state index >= 15 is 0 Å². The molecule has 1 aromatic carbocycles. The number of carbonyl (C=O) groups excluding carboxylic acids is 1. The molecule has 0 heterocycles. The number of nitrogens with zero attached hydrogens (tertiary/aromatic N) is 1. The fourth-order valence-corrected chi connectivity index (χ4v) is 2.13. The number of hydrogen-bond donors (Lipinski definition) is 2. The molecular weight excluding hydrogens is 266 g/mol. The third-order valence-corrected chi connectivity index (χ3v) is 3.72. The van der Waals surface area contributed by atoms with Crippen LogP contribution in [0.2, 0.25) is 0 Å². The van der Waals surface area contributed by atoms with Gasteiger partial charge in [-0.3, -0.25) is 4.79 Å². The lowest BCUT2D eigenvalue weighted by Gasteiger charge is -2.26. The van der Waals surface area contributed by atoms with Crippen LogP contribution in [0.25, 0.3) is 0 Å². The minimum absolute atomic E-state index is 0.173. The lowest BCUT2D eigenvalue weighted by atomic mass is 9.93. The monoisotopic (exact) mass is 293 g/mol. The van der Waals surface area contributed by atoms with E-state index in [2.05, 4.69) is 10.2 Å². The molecule has 0 saturated heterocycles. The lowest BCUT2D eigenvalue weighted by Crippen LogP contribution is -2.50. The third kappa shape index (κ3) is 4.44. The first-order valence-corrected chi connectivity index (χ1v) is 7.28. The number of nitrogens with two attached hydrogens (primary N) is 1. The topological polar surface area (TPSA) is 67.6 Å². The Bertz CT molecular complexity index is 482. The quantitative estimate of drug-likeness (QED) is 0.809. The Balaban J connectivity index is 3.02. The summed E-state index contributed by atoms with van der Waals surface area (Å²) in [5.74, 6) is 0.466. The second kappa shape index (κ2) is 7.43. The van der Waals surface area contributed by atoms with Gasteiger partial charge in [0.25, 0.3) is 0 Å². The highest BCUT2D eigenvalue weighted by atomic mass is 16.5. The zero-order valence-corrected chi connectivity index (χ0v) is 13.7. The first-order valence-electron chi connectivity index (χ1n) is 7.28. The molecule has 0 aromatic heterocycles. The van der Waals surface area contributed by atoms with E-state index in [4.69, 9.17) is 10.5 Å². The molecule has 0 bridgehead atoms. The lowest BCUT2D eigenvalue weighted by molar-refractivity contribution is -0.121. The van der Waals surface area contributed by atoms with Crippen LogP contribution in [0.1, 0.15) is 32.3 Å². The number of nitrogens with one attached hydrogen (secondary N) is 1. The summed E-state index contributed by atoms with van der Waals surface area (Å²) < 4.78 is 5.32. The normalized spacial score (nSPS) is 11.6. The Kier molecular flexibility index (Phi) is 6.18. The van der Waals surface area contributed by atoms with Gasteiger partial charge in [0.05, 0.1) is 18.3 Å². The van der Waals surface area contributed by atoms with Crippen molar-refractivity contribution in [3.8, 4) is 5.75 Å². The summed E-state index contributed by atoms with van der Waals surface area (Å²) >= 11 is 0. The van der Waals surface area contributed by atoms with Crippen molar-refractivity contribution < 1.29 is 9.53 Å². The van der Waals surface area contributed by atoms with Crippen molar-refractivity contribution >= 4 is 11.6 Å². The number of amides is 1. The van der Waals surface area contributed by atoms with Crippen molar-refractivity contribution in [1.29, 1.82) is 0 Å². The summed E-state index contributed by atoms with van der Waals surface area (Å²) in [7, 11) is 5.59. The minimum Gasteiger partial charge on any atom is -0.495 e. The Morgan fingerprint density at radius 3 is 2.43 bits per heavy atom. The molecule has 0 fully saturated rings. The van der Waals surface area contributed by atoms with Crippen molar-refractivity contribution in [2.75, 3.05) is 26.5 Å². The smallest absolute Gasteiger partial charge is 0.244 e. The van der Waals surface area contributed by atoms with Gasteiger partial charge in [-0.05, 0) is 44.6 Å². The van der Waals surface area contributed by atoms with Crippen molar-refractivity contribution in [3.63, 3.8) is 0 Å². The van der Waals surface area contributed by atoms with Gasteiger partial charge in [-0.1, -0.05) is 19.9 Å². The Hall–Kier alpha value is -1.59. The van der Waals surface area contributed by atoms with Crippen molar-refractivity contribution in [2.45, 2.75) is 38.8 Å². The standard InChI is InChI=1S/C16H27N3O2/c1-6-16(17,7-2)15(20)18-13-10-12(11-19(3)4)8-9-14(13)21-5/h8-10H,6-7,11,17H2,1-5H3,(H,18,20). The third-order valence-electron chi connectivity index (χ3n) is 3.72. The van der Waals surface area contributed by atoms with Gasteiger partial charge in [0.1, 0.15) is 5.75 Å². The maximum Gasteiger partial charge on any atom is 0.244 e. The SMILES string of the molecule is CCC(N)(CC)C(=O)Nc1cc(CN(C)C)ccc1OC. The van der Waals surface area contributed by atoms with Gasteiger partial charge in [-0.2, -0.15) is 0 Å². The van der Waals surface area contributed by atoms with Gasteiger partial charge < -0.3 is 20.7 Å². The molecule has 5 nitrogen and oxygen atoms in total. The number of benzene rings is 1. The molecule has 118 valence electrons. The Morgan fingerprint density at radius 2 is 1.95 bits per heavy atom. The molecule has 5 heteroatoms. The minimum atomic E-state index is -0.845. The number of anilines is 1. The van der Waals surface area contributed by atoms with E-state index in [0.29, 0.717) is 24.3 Å². The first kappa shape index (κ1) is 17.5. The fraction of sp³-hybridized carbons (Fsp3) is 0.562. The van der Waals surface area contributed by atoms with Gasteiger partial charge in [-0.15, -0.1) is 0 Å². The van der Waals surface area contributed by atoms with Crippen LogP contribution < -0.4 is 15.8 Å². The summed E-state index contributed by atoms with van der Waals surface area (Å²) in [5.41, 5.74) is 7.06. The zero-order chi connectivity index (χ0) is 16.0. The average molecular weight is 293 g/mol. The molecule has 0 unspecified atom stereocenters. The van der Waals surface area contributed by atoms with E-state index in [1.165, 1.54) is 0 Å². The summed E-state index contributed by atoms with van der Waals surface area (Å²) in [6.07, 6.45) is 1.18. The number of carbonyl (C=O) groups is 1. The van der Waals surface area contributed by atoms with E-state index in [1.54, 1.807) is 7.11 Å². The van der Waals surface area contributed by atoms with Crippen LogP contribution in [0.5, 0.6) is 5.75 Å². The van der Waals surface area contributed by atoms with Gasteiger partial charge in [-0.25, -0.2) is 0 Å². The Morgan fingerprint density at radius 1 is 1.33 bits per heavy atom. The van der Waals surface area contributed by atoms with E-state index < -0.39 is 5.54 Å². The number of methoxy groups -OCH3 is 1. The first-order chi connectivity index (χ1) is 9.86. The van der Waals surface area contributed by atoms with Crippen LogP contribution in [0.15, 0.2) is 18.2 Å². The molecule has 1 aromatic rings. The summed E-state index contributed by atoms with van der Waals surface area (Å²) in [6.45, 7) is 4.63. The molecular formula is C16H27N3O2. The largest absolute Gasteiger partial charge is 0.495 e. The molecule has 21 heavy (non-hydrogen) atoms.